The van der Waals surface area contributed by atoms with Gasteiger partial charge >= 0.3 is 11.9 Å². The molecule has 4 aliphatic carbocycles. The van der Waals surface area contributed by atoms with Crippen molar-refractivity contribution in [2.45, 2.75) is 106 Å². The van der Waals surface area contributed by atoms with Crippen molar-refractivity contribution in [1.29, 1.82) is 0 Å². The minimum absolute atomic E-state index is 0.142. The van der Waals surface area contributed by atoms with Crippen LogP contribution in [0.3, 0.4) is 0 Å². The smallest absolute Gasteiger partial charge is 0.307 e. The highest BCUT2D eigenvalue weighted by molar-refractivity contribution is 5.73. The Morgan fingerprint density at radius 3 is 2.44 bits per heavy atom. The van der Waals surface area contributed by atoms with Gasteiger partial charge in [-0.2, -0.15) is 0 Å². The monoisotopic (exact) mass is 570 g/mol. The van der Waals surface area contributed by atoms with Crippen molar-refractivity contribution >= 4 is 11.9 Å². The van der Waals surface area contributed by atoms with Gasteiger partial charge in [0.2, 0.25) is 0 Å². The Labute approximate surface area is 247 Å². The van der Waals surface area contributed by atoms with Gasteiger partial charge in [0.05, 0.1) is 25.7 Å². The van der Waals surface area contributed by atoms with Crippen LogP contribution < -0.4 is 0 Å². The summed E-state index contributed by atoms with van der Waals surface area (Å²) >= 11 is 0. The molecule has 1 aliphatic heterocycles. The number of fused-ring (bicyclic) bond motifs is 3. The topological polar surface area (TPSA) is 82.1 Å². The van der Waals surface area contributed by atoms with Gasteiger partial charge in [-0.15, -0.1) is 6.58 Å². The zero-order valence-corrected chi connectivity index (χ0v) is 26.8. The van der Waals surface area contributed by atoms with Crippen LogP contribution in [0.2, 0.25) is 0 Å². The van der Waals surface area contributed by atoms with Crippen molar-refractivity contribution in [3.8, 4) is 0 Å². The molecule has 1 saturated heterocycles. The summed E-state index contributed by atoms with van der Waals surface area (Å²) in [7, 11) is 0. The lowest BCUT2D eigenvalue weighted by Gasteiger charge is -2.71. The van der Waals surface area contributed by atoms with Gasteiger partial charge in [-0.25, -0.2) is 0 Å². The Balaban J connectivity index is 1.61. The second-order valence-electron chi connectivity index (χ2n) is 15.7. The number of carboxylic acid groups (broad SMARTS) is 1. The van der Waals surface area contributed by atoms with Crippen LogP contribution in [0.1, 0.15) is 93.9 Å². The third kappa shape index (κ3) is 4.16. The maximum absolute atomic E-state index is 13.3. The lowest BCUT2D eigenvalue weighted by atomic mass is 9.34. The summed E-state index contributed by atoms with van der Waals surface area (Å²) in [5, 5.41) is 10.9. The van der Waals surface area contributed by atoms with Gasteiger partial charge in [-0.1, -0.05) is 66.2 Å². The van der Waals surface area contributed by atoms with E-state index in [1.807, 2.05) is 0 Å². The minimum atomic E-state index is -0.638. The fourth-order valence-electron chi connectivity index (χ4n) is 11.4. The lowest BCUT2D eigenvalue weighted by molar-refractivity contribution is -0.265. The Kier molecular flexibility index (Phi) is 7.67. The zero-order chi connectivity index (χ0) is 30.2. The molecule has 1 heterocycles. The number of hydrogen-bond donors (Lipinski definition) is 1. The van der Waals surface area contributed by atoms with Crippen LogP contribution in [-0.4, -0.2) is 49.1 Å². The summed E-state index contributed by atoms with van der Waals surface area (Å²) in [5.74, 6) is 0.0440. The summed E-state index contributed by atoms with van der Waals surface area (Å²) in [5.41, 5.74) is 0.154. The molecule has 0 aromatic heterocycles. The molecule has 0 amide bonds. The predicted octanol–water partition coefficient (Wildman–Crippen LogP) is 7.08. The first-order valence-electron chi connectivity index (χ1n) is 16.0. The Hall–Kier alpha value is -1.66. The molecule has 5 aliphatic rings. The molecule has 2 bridgehead atoms. The molecule has 0 radical (unpaired) electrons. The predicted molar refractivity (Wildman–Crippen MR) is 159 cm³/mol. The first-order valence-corrected chi connectivity index (χ1v) is 16.0. The molecule has 41 heavy (non-hydrogen) atoms. The number of carboxylic acids is 1. The molecule has 4 fully saturated rings. The minimum Gasteiger partial charge on any atom is -0.481 e. The average molecular weight is 571 g/mol. The molecule has 0 aromatic rings. The normalized spacial score (nSPS) is 47.7. The number of rotatable bonds is 7. The maximum atomic E-state index is 13.3. The van der Waals surface area contributed by atoms with Gasteiger partial charge < -0.3 is 19.3 Å². The van der Waals surface area contributed by atoms with Gasteiger partial charge in [0.15, 0.2) is 0 Å². The summed E-state index contributed by atoms with van der Waals surface area (Å²) in [6.45, 7) is 22.9. The molecular weight excluding hydrogens is 516 g/mol. The van der Waals surface area contributed by atoms with E-state index in [9.17, 15) is 14.7 Å². The van der Waals surface area contributed by atoms with Crippen molar-refractivity contribution < 1.29 is 28.9 Å². The highest BCUT2D eigenvalue weighted by Crippen LogP contribution is 2.75. The van der Waals surface area contributed by atoms with E-state index < -0.39 is 11.9 Å². The number of hydrogen-bond acceptors (Lipinski definition) is 5. The third-order valence-corrected chi connectivity index (χ3v) is 13.8. The summed E-state index contributed by atoms with van der Waals surface area (Å²) in [4.78, 5) is 25.6. The highest BCUT2D eigenvalue weighted by Gasteiger charge is 2.72. The molecule has 0 unspecified atom stereocenters. The Morgan fingerprint density at radius 2 is 1.83 bits per heavy atom. The number of esters is 1. The van der Waals surface area contributed by atoms with Crippen molar-refractivity contribution in [2.75, 3.05) is 19.8 Å². The molecule has 0 spiro atoms. The molecular formula is C35H54O6. The largest absolute Gasteiger partial charge is 0.481 e. The van der Waals surface area contributed by atoms with Gasteiger partial charge in [0, 0.05) is 17.8 Å². The van der Waals surface area contributed by atoms with Crippen LogP contribution in [-0.2, 0) is 23.8 Å². The third-order valence-electron chi connectivity index (χ3n) is 13.8. The van der Waals surface area contributed by atoms with E-state index in [0.717, 1.165) is 32.1 Å². The van der Waals surface area contributed by atoms with Gasteiger partial charge in [0.25, 0.3) is 0 Å². The van der Waals surface area contributed by atoms with Crippen molar-refractivity contribution in [3.63, 3.8) is 0 Å². The number of aliphatic carboxylic acids is 1. The van der Waals surface area contributed by atoms with Gasteiger partial charge in [-0.3, -0.25) is 9.59 Å². The SMILES string of the molecule is C=CCO[C@H]1[C@H](OC(C)=O)C[C@]23COC[C@@]1(C)[C@@H]2CC[C@H]1C3=CC[C@@]2(C)[C@H](C(=O)O)[C@@](C)([C@H](C)C(C)C)CC[C@]12C. The first kappa shape index (κ1) is 30.8. The van der Waals surface area contributed by atoms with E-state index in [4.69, 9.17) is 14.2 Å². The Bertz CT molecular complexity index is 1110. The van der Waals surface area contributed by atoms with E-state index in [0.29, 0.717) is 44.0 Å². The molecule has 11 atom stereocenters. The summed E-state index contributed by atoms with van der Waals surface area (Å²) in [6, 6.07) is 0. The van der Waals surface area contributed by atoms with E-state index >= 15 is 0 Å². The number of ether oxygens (including phenoxy) is 3. The van der Waals surface area contributed by atoms with E-state index in [1.54, 1.807) is 6.08 Å². The fourth-order valence-corrected chi connectivity index (χ4v) is 11.4. The zero-order valence-electron chi connectivity index (χ0n) is 26.8. The second kappa shape index (κ2) is 10.2. The van der Waals surface area contributed by atoms with Crippen molar-refractivity contribution in [1.82, 2.24) is 0 Å². The fraction of sp³-hybridized carbons (Fsp3) is 0.829. The van der Waals surface area contributed by atoms with Crippen LogP contribution in [0.5, 0.6) is 0 Å². The second-order valence-corrected chi connectivity index (χ2v) is 15.7. The van der Waals surface area contributed by atoms with Crippen molar-refractivity contribution in [3.05, 3.63) is 24.3 Å². The molecule has 0 aromatic carbocycles. The molecule has 230 valence electrons. The van der Waals surface area contributed by atoms with Crippen LogP contribution >= 0.6 is 0 Å². The van der Waals surface area contributed by atoms with Gasteiger partial charge in [-0.05, 0) is 78.4 Å². The molecule has 5 rings (SSSR count). The maximum Gasteiger partial charge on any atom is 0.307 e. The molecule has 3 saturated carbocycles. The molecule has 6 heteroatoms. The number of allylic oxidation sites excluding steroid dienone is 1. The van der Waals surface area contributed by atoms with E-state index in [-0.39, 0.29) is 51.2 Å². The average Bonchev–Trinajstić information content (AvgIpc) is 2.88. The van der Waals surface area contributed by atoms with Gasteiger partial charge in [0.1, 0.15) is 12.2 Å². The molecule has 6 nitrogen and oxygen atoms in total. The quantitative estimate of drug-likeness (QED) is 0.260. The highest BCUT2D eigenvalue weighted by atomic mass is 16.6. The van der Waals surface area contributed by atoms with Crippen LogP contribution in [0.25, 0.3) is 0 Å². The van der Waals surface area contributed by atoms with Crippen LogP contribution in [0.4, 0.5) is 0 Å². The lowest BCUT2D eigenvalue weighted by Crippen LogP contribution is -2.70. The van der Waals surface area contributed by atoms with Crippen LogP contribution in [0.15, 0.2) is 24.3 Å². The summed E-state index contributed by atoms with van der Waals surface area (Å²) < 4.78 is 18.9. The molecule has 1 N–H and O–H groups in total. The van der Waals surface area contributed by atoms with Crippen LogP contribution in [0, 0.1) is 56.7 Å². The van der Waals surface area contributed by atoms with E-state index in [1.165, 1.54) is 12.5 Å². The Morgan fingerprint density at radius 1 is 1.12 bits per heavy atom. The van der Waals surface area contributed by atoms with Crippen molar-refractivity contribution in [2.24, 2.45) is 56.7 Å². The summed E-state index contributed by atoms with van der Waals surface area (Å²) in [6.07, 6.45) is 9.09. The van der Waals surface area contributed by atoms with E-state index in [2.05, 4.69) is 61.1 Å². The number of carbonyl (C=O) groups is 2. The standard InChI is InChI=1S/C35H54O6/c1-10-17-40-29-26(41-23(5)36)18-35-20-39-19-32(29,7)27(35)12-11-24-25(35)13-14-34(9)28(30(37)38)31(6,22(4)21(2)3)15-16-33(24,34)8/h10,13,21-22,24,26-29H,1,11-12,14-20H2,2-9H3,(H,37,38)/t22-,24+,26-,27+,28-,29+,31-,32+,33-,34+,35-/m1/s1. The first-order chi connectivity index (χ1) is 19.1. The number of carbonyl (C=O) groups excluding carboxylic acids is 1.